The Balaban J connectivity index is 1.72. The van der Waals surface area contributed by atoms with Gasteiger partial charge in [0.05, 0.1) is 11.2 Å². The summed E-state index contributed by atoms with van der Waals surface area (Å²) in [6, 6.07) is 5.17. The molecule has 1 aromatic carbocycles. The molecule has 2 nitrogen and oxygen atoms in total. The molecule has 0 bridgehead atoms. The Kier molecular flexibility index (Phi) is 4.89. The van der Waals surface area contributed by atoms with Crippen LogP contribution in [0.25, 0.3) is 0 Å². The second kappa shape index (κ2) is 6.82. The molecule has 3 aliphatic rings. The van der Waals surface area contributed by atoms with E-state index in [0.717, 1.165) is 6.04 Å². The summed E-state index contributed by atoms with van der Waals surface area (Å²) >= 11 is 4.45. The van der Waals surface area contributed by atoms with Gasteiger partial charge in [0.15, 0.2) is 5.17 Å². The third kappa shape index (κ3) is 2.91. The summed E-state index contributed by atoms with van der Waals surface area (Å²) in [4.78, 5) is 8.00. The Morgan fingerprint density at radius 3 is 2.50 bits per heavy atom. The lowest BCUT2D eigenvalue weighted by Gasteiger charge is -2.40. The number of nitrogens with zero attached hydrogens (tertiary/aromatic N) is 2. The van der Waals surface area contributed by atoms with Crippen molar-refractivity contribution in [3.63, 3.8) is 0 Å². The summed E-state index contributed by atoms with van der Waals surface area (Å²) < 4.78 is 1.34. The monoisotopic (exact) mass is 454 g/mol. The third-order valence-corrected chi connectivity index (χ3v) is 8.72. The summed E-state index contributed by atoms with van der Waals surface area (Å²) in [5.41, 5.74) is 4.32. The molecule has 24 heavy (non-hydrogen) atoms. The van der Waals surface area contributed by atoms with Crippen molar-refractivity contribution in [2.24, 2.45) is 4.99 Å². The van der Waals surface area contributed by atoms with Crippen LogP contribution in [0.1, 0.15) is 62.5 Å². The van der Waals surface area contributed by atoms with E-state index in [1.807, 2.05) is 11.8 Å². The van der Waals surface area contributed by atoms with Gasteiger partial charge in [-0.15, -0.1) is 0 Å². The van der Waals surface area contributed by atoms with Crippen molar-refractivity contribution in [3.8, 4) is 0 Å². The van der Waals surface area contributed by atoms with E-state index < -0.39 is 0 Å². The van der Waals surface area contributed by atoms with Crippen LogP contribution in [0.5, 0.6) is 0 Å². The van der Waals surface area contributed by atoms with Crippen LogP contribution in [-0.4, -0.2) is 27.4 Å². The Hall–Kier alpha value is -0.230. The predicted molar refractivity (Wildman–Crippen MR) is 113 cm³/mol. The molecule has 1 heterocycles. The van der Waals surface area contributed by atoms with Gasteiger partial charge >= 0.3 is 0 Å². The van der Waals surface area contributed by atoms with Crippen LogP contribution in [-0.2, 0) is 0 Å². The zero-order chi connectivity index (χ0) is 16.7. The first-order valence-corrected chi connectivity index (χ1v) is 11.4. The standard InChI is InChI=1S/C20H27IN2S/c1-14-15(2)18(10-9-17(14)21)22-19-23(16-7-3-4-8-16)20(13-24-19)11-5-6-12-20/h9-10,16H,3-8,11-13H2,1-2H3. The second-order valence-electron chi connectivity index (χ2n) is 7.74. The van der Waals surface area contributed by atoms with Crippen molar-refractivity contribution >= 4 is 45.2 Å². The van der Waals surface area contributed by atoms with Gasteiger partial charge < -0.3 is 4.90 Å². The van der Waals surface area contributed by atoms with E-state index in [1.54, 1.807) is 0 Å². The molecule has 1 saturated heterocycles. The number of halogens is 1. The Morgan fingerprint density at radius 2 is 1.79 bits per heavy atom. The summed E-state index contributed by atoms with van der Waals surface area (Å²) in [5.74, 6) is 1.25. The van der Waals surface area contributed by atoms with E-state index in [2.05, 4.69) is 53.5 Å². The smallest absolute Gasteiger partial charge is 0.165 e. The molecule has 0 aromatic heterocycles. The predicted octanol–water partition coefficient (Wildman–Crippen LogP) is 6.20. The van der Waals surface area contributed by atoms with Crippen LogP contribution in [0.2, 0.25) is 0 Å². The van der Waals surface area contributed by atoms with Gasteiger partial charge in [-0.3, -0.25) is 0 Å². The molecule has 1 spiro atoms. The maximum Gasteiger partial charge on any atom is 0.165 e. The third-order valence-electron chi connectivity index (χ3n) is 6.32. The van der Waals surface area contributed by atoms with Crippen LogP contribution >= 0.6 is 34.4 Å². The fraction of sp³-hybridized carbons (Fsp3) is 0.650. The SMILES string of the molecule is Cc1c(I)ccc(N=C2SCC3(CCCC3)N2C2CCCC2)c1C. The first-order chi connectivity index (χ1) is 11.6. The molecule has 0 radical (unpaired) electrons. The molecule has 1 aromatic rings. The summed E-state index contributed by atoms with van der Waals surface area (Å²) in [7, 11) is 0. The molecule has 4 heteroatoms. The molecule has 3 fully saturated rings. The number of aliphatic imine (C=N–C) groups is 1. The lowest BCUT2D eigenvalue weighted by atomic mass is 9.95. The quantitative estimate of drug-likeness (QED) is 0.495. The van der Waals surface area contributed by atoms with Crippen molar-refractivity contribution in [3.05, 3.63) is 26.8 Å². The molecule has 2 saturated carbocycles. The minimum Gasteiger partial charge on any atom is -0.342 e. The highest BCUT2D eigenvalue weighted by molar-refractivity contribution is 14.1. The lowest BCUT2D eigenvalue weighted by Crippen LogP contribution is -2.50. The Morgan fingerprint density at radius 1 is 1.08 bits per heavy atom. The highest BCUT2D eigenvalue weighted by Gasteiger charge is 2.49. The molecule has 0 amide bonds. The molecule has 0 atom stereocenters. The Labute approximate surface area is 164 Å². The van der Waals surface area contributed by atoms with Crippen molar-refractivity contribution in [2.75, 3.05) is 5.75 Å². The number of hydrogen-bond acceptors (Lipinski definition) is 2. The molecule has 0 unspecified atom stereocenters. The van der Waals surface area contributed by atoms with E-state index in [0.29, 0.717) is 5.54 Å². The normalized spacial score (nSPS) is 25.5. The first kappa shape index (κ1) is 17.2. The van der Waals surface area contributed by atoms with Crippen molar-refractivity contribution in [1.82, 2.24) is 4.90 Å². The fourth-order valence-electron chi connectivity index (χ4n) is 4.75. The molecule has 130 valence electrons. The van der Waals surface area contributed by atoms with Gasteiger partial charge in [0.1, 0.15) is 0 Å². The van der Waals surface area contributed by atoms with Gasteiger partial charge in [-0.1, -0.05) is 37.4 Å². The molecule has 2 aliphatic carbocycles. The molecular formula is C20H27IN2S. The van der Waals surface area contributed by atoms with Crippen LogP contribution < -0.4 is 0 Å². The van der Waals surface area contributed by atoms with Crippen LogP contribution in [0.3, 0.4) is 0 Å². The minimum atomic E-state index is 0.421. The van der Waals surface area contributed by atoms with E-state index in [9.17, 15) is 0 Å². The first-order valence-electron chi connectivity index (χ1n) is 9.37. The van der Waals surface area contributed by atoms with E-state index in [-0.39, 0.29) is 0 Å². The van der Waals surface area contributed by atoms with Gasteiger partial charge in [-0.25, -0.2) is 4.99 Å². The average Bonchev–Trinajstić information content (AvgIpc) is 3.31. The van der Waals surface area contributed by atoms with Crippen LogP contribution in [0.15, 0.2) is 17.1 Å². The van der Waals surface area contributed by atoms with Crippen LogP contribution in [0.4, 0.5) is 5.69 Å². The maximum atomic E-state index is 5.21. The molecular weight excluding hydrogens is 427 g/mol. The molecule has 0 N–H and O–H groups in total. The van der Waals surface area contributed by atoms with E-state index in [1.165, 1.54) is 82.7 Å². The number of hydrogen-bond donors (Lipinski definition) is 0. The largest absolute Gasteiger partial charge is 0.342 e. The summed E-state index contributed by atoms with van der Waals surface area (Å²) in [6.45, 7) is 4.44. The van der Waals surface area contributed by atoms with Crippen molar-refractivity contribution < 1.29 is 0 Å². The number of thioether (sulfide) groups is 1. The average molecular weight is 454 g/mol. The number of rotatable bonds is 2. The minimum absolute atomic E-state index is 0.421. The fourth-order valence-corrected chi connectivity index (χ4v) is 6.80. The highest BCUT2D eigenvalue weighted by Crippen LogP contribution is 2.48. The van der Waals surface area contributed by atoms with E-state index >= 15 is 0 Å². The lowest BCUT2D eigenvalue weighted by molar-refractivity contribution is 0.163. The zero-order valence-electron chi connectivity index (χ0n) is 14.8. The van der Waals surface area contributed by atoms with E-state index in [4.69, 9.17) is 4.99 Å². The zero-order valence-corrected chi connectivity index (χ0v) is 17.8. The molecule has 4 rings (SSSR count). The summed E-state index contributed by atoms with van der Waals surface area (Å²) in [6.07, 6.45) is 11.1. The van der Waals surface area contributed by atoms with Crippen molar-refractivity contribution in [1.29, 1.82) is 0 Å². The Bertz CT molecular complexity index is 658. The maximum absolute atomic E-state index is 5.21. The van der Waals surface area contributed by atoms with Gasteiger partial charge in [0.25, 0.3) is 0 Å². The van der Waals surface area contributed by atoms with Gasteiger partial charge in [-0.2, -0.15) is 0 Å². The highest BCUT2D eigenvalue weighted by atomic mass is 127. The topological polar surface area (TPSA) is 15.6 Å². The van der Waals surface area contributed by atoms with Crippen LogP contribution in [0, 0.1) is 17.4 Å². The summed E-state index contributed by atoms with van der Waals surface area (Å²) in [5, 5.41) is 1.31. The van der Waals surface area contributed by atoms with Crippen molar-refractivity contribution in [2.45, 2.75) is 76.8 Å². The van der Waals surface area contributed by atoms with Gasteiger partial charge in [-0.05, 0) is 85.4 Å². The molecule has 1 aliphatic heterocycles. The van der Waals surface area contributed by atoms with Gasteiger partial charge in [0, 0.05) is 15.4 Å². The van der Waals surface area contributed by atoms with Gasteiger partial charge in [0.2, 0.25) is 0 Å². The number of benzene rings is 1. The number of amidine groups is 1. The second-order valence-corrected chi connectivity index (χ2v) is 9.84.